The summed E-state index contributed by atoms with van der Waals surface area (Å²) in [5.74, 6) is 0.743. The number of hydrogen-bond donors (Lipinski definition) is 1. The second-order valence-corrected chi connectivity index (χ2v) is 6.34. The Kier molecular flexibility index (Phi) is 8.52. The molecule has 3 heteroatoms. The van der Waals surface area contributed by atoms with Crippen LogP contribution in [-0.4, -0.2) is 13.1 Å². The van der Waals surface area contributed by atoms with E-state index in [4.69, 9.17) is 23.2 Å². The average molecular weight is 302 g/mol. The maximum atomic E-state index is 6.15. The summed E-state index contributed by atoms with van der Waals surface area (Å²) in [5, 5.41) is 4.98. The Balaban J connectivity index is 2.04. The van der Waals surface area contributed by atoms with Gasteiger partial charge in [-0.2, -0.15) is 0 Å². The predicted octanol–water partition coefficient (Wildman–Crippen LogP) is 5.34. The quantitative estimate of drug-likeness (QED) is 0.607. The average Bonchev–Trinajstić information content (AvgIpc) is 2.34. The van der Waals surface area contributed by atoms with Gasteiger partial charge in [-0.05, 0) is 56.0 Å². The molecule has 1 nitrogen and oxygen atoms in total. The van der Waals surface area contributed by atoms with Crippen molar-refractivity contribution < 1.29 is 0 Å². The molecule has 0 aliphatic rings. The largest absolute Gasteiger partial charge is 0.316 e. The second-order valence-electron chi connectivity index (χ2n) is 5.50. The van der Waals surface area contributed by atoms with Gasteiger partial charge >= 0.3 is 0 Å². The van der Waals surface area contributed by atoms with Gasteiger partial charge < -0.3 is 5.32 Å². The number of unbranched alkanes of at least 4 members (excludes halogenated alkanes) is 3. The molecule has 0 saturated carbocycles. The van der Waals surface area contributed by atoms with Crippen molar-refractivity contribution in [1.82, 2.24) is 5.32 Å². The number of rotatable bonds is 9. The lowest BCUT2D eigenvalue weighted by atomic mass is 10.1. The van der Waals surface area contributed by atoms with Gasteiger partial charge in [-0.3, -0.25) is 0 Å². The normalized spacial score (nSPS) is 11.2. The van der Waals surface area contributed by atoms with E-state index in [1.54, 1.807) is 0 Å². The SMILES string of the molecule is CC(C)CNCCCCCCc1ccc(Cl)cc1Cl. The van der Waals surface area contributed by atoms with Crippen LogP contribution in [0.1, 0.15) is 45.1 Å². The Morgan fingerprint density at radius 3 is 2.47 bits per heavy atom. The van der Waals surface area contributed by atoms with E-state index in [-0.39, 0.29) is 0 Å². The number of nitrogens with one attached hydrogen (secondary N) is 1. The van der Waals surface area contributed by atoms with Crippen LogP contribution >= 0.6 is 23.2 Å². The Morgan fingerprint density at radius 1 is 1.05 bits per heavy atom. The molecule has 0 heterocycles. The van der Waals surface area contributed by atoms with Crippen LogP contribution in [0.25, 0.3) is 0 Å². The van der Waals surface area contributed by atoms with E-state index in [1.807, 2.05) is 18.2 Å². The van der Waals surface area contributed by atoms with Gasteiger partial charge in [0.05, 0.1) is 0 Å². The molecule has 0 unspecified atom stereocenters. The zero-order valence-corrected chi connectivity index (χ0v) is 13.5. The summed E-state index contributed by atoms with van der Waals surface area (Å²) in [5.41, 5.74) is 1.21. The molecule has 1 aromatic rings. The maximum absolute atomic E-state index is 6.15. The second kappa shape index (κ2) is 9.63. The van der Waals surface area contributed by atoms with Crippen LogP contribution in [0, 0.1) is 5.92 Å². The first-order valence-electron chi connectivity index (χ1n) is 7.24. The highest BCUT2D eigenvalue weighted by Crippen LogP contribution is 2.22. The monoisotopic (exact) mass is 301 g/mol. The Bertz CT molecular complexity index is 364. The summed E-state index contributed by atoms with van der Waals surface area (Å²) in [6.45, 7) is 6.74. The lowest BCUT2D eigenvalue weighted by Gasteiger charge is -2.07. The van der Waals surface area contributed by atoms with Crippen molar-refractivity contribution in [2.45, 2.75) is 46.0 Å². The summed E-state index contributed by atoms with van der Waals surface area (Å²) < 4.78 is 0. The van der Waals surface area contributed by atoms with Crippen molar-refractivity contribution in [3.63, 3.8) is 0 Å². The predicted molar refractivity (Wildman–Crippen MR) is 86.3 cm³/mol. The minimum atomic E-state index is 0.713. The van der Waals surface area contributed by atoms with Gasteiger partial charge in [0.2, 0.25) is 0 Å². The van der Waals surface area contributed by atoms with Crippen molar-refractivity contribution in [2.75, 3.05) is 13.1 Å². The molecule has 0 aliphatic heterocycles. The minimum Gasteiger partial charge on any atom is -0.316 e. The van der Waals surface area contributed by atoms with Gasteiger partial charge in [-0.25, -0.2) is 0 Å². The van der Waals surface area contributed by atoms with E-state index in [0.29, 0.717) is 5.02 Å². The van der Waals surface area contributed by atoms with Crippen LogP contribution in [0.5, 0.6) is 0 Å². The third kappa shape index (κ3) is 7.81. The van der Waals surface area contributed by atoms with Crippen LogP contribution in [0.4, 0.5) is 0 Å². The third-order valence-corrected chi connectivity index (χ3v) is 3.70. The fraction of sp³-hybridized carbons (Fsp3) is 0.625. The lowest BCUT2D eigenvalue weighted by Crippen LogP contribution is -2.20. The van der Waals surface area contributed by atoms with Gasteiger partial charge in [-0.1, -0.05) is 56.0 Å². The number of halogens is 2. The van der Waals surface area contributed by atoms with Gasteiger partial charge in [0, 0.05) is 10.0 Å². The molecule has 108 valence electrons. The number of hydrogen-bond acceptors (Lipinski definition) is 1. The highest BCUT2D eigenvalue weighted by Gasteiger charge is 2.01. The van der Waals surface area contributed by atoms with Crippen molar-refractivity contribution >= 4 is 23.2 Å². The van der Waals surface area contributed by atoms with E-state index < -0.39 is 0 Å². The summed E-state index contributed by atoms with van der Waals surface area (Å²) >= 11 is 12.0. The molecule has 0 aromatic heterocycles. The van der Waals surface area contributed by atoms with Gasteiger partial charge in [-0.15, -0.1) is 0 Å². The minimum absolute atomic E-state index is 0.713. The standard InChI is InChI=1S/C16H25Cl2N/c1-13(2)12-19-10-6-4-3-5-7-14-8-9-15(17)11-16(14)18/h8-9,11,13,19H,3-7,10,12H2,1-2H3. The molecule has 0 fully saturated rings. The summed E-state index contributed by atoms with van der Waals surface area (Å²) in [6.07, 6.45) is 6.07. The van der Waals surface area contributed by atoms with E-state index in [1.165, 1.54) is 31.2 Å². The van der Waals surface area contributed by atoms with Crippen molar-refractivity contribution in [3.05, 3.63) is 33.8 Å². The topological polar surface area (TPSA) is 12.0 Å². The number of aryl methyl sites for hydroxylation is 1. The molecular formula is C16H25Cl2N. The number of benzene rings is 1. The molecule has 0 atom stereocenters. The van der Waals surface area contributed by atoms with Crippen molar-refractivity contribution in [2.24, 2.45) is 5.92 Å². The highest BCUT2D eigenvalue weighted by atomic mass is 35.5. The zero-order chi connectivity index (χ0) is 14.1. The summed E-state index contributed by atoms with van der Waals surface area (Å²) in [4.78, 5) is 0. The van der Waals surface area contributed by atoms with Crippen LogP contribution in [0.3, 0.4) is 0 Å². The molecule has 0 saturated heterocycles. The van der Waals surface area contributed by atoms with Crippen LogP contribution in [-0.2, 0) is 6.42 Å². The van der Waals surface area contributed by atoms with Crippen LogP contribution < -0.4 is 5.32 Å². The summed E-state index contributed by atoms with van der Waals surface area (Å²) in [6, 6.07) is 5.78. The van der Waals surface area contributed by atoms with Crippen LogP contribution in [0.15, 0.2) is 18.2 Å². The van der Waals surface area contributed by atoms with Gasteiger partial charge in [0.1, 0.15) is 0 Å². The first-order chi connectivity index (χ1) is 9.09. The molecular weight excluding hydrogens is 277 g/mol. The lowest BCUT2D eigenvalue weighted by molar-refractivity contribution is 0.526. The van der Waals surface area contributed by atoms with Gasteiger partial charge in [0.25, 0.3) is 0 Å². The van der Waals surface area contributed by atoms with E-state index >= 15 is 0 Å². The smallest absolute Gasteiger partial charge is 0.0452 e. The molecule has 0 bridgehead atoms. The molecule has 1 N–H and O–H groups in total. The molecule has 0 radical (unpaired) electrons. The first-order valence-corrected chi connectivity index (χ1v) is 8.00. The van der Waals surface area contributed by atoms with E-state index in [2.05, 4.69) is 19.2 Å². The molecule has 1 rings (SSSR count). The van der Waals surface area contributed by atoms with Crippen LogP contribution in [0.2, 0.25) is 10.0 Å². The van der Waals surface area contributed by atoms with Crippen molar-refractivity contribution in [3.8, 4) is 0 Å². The zero-order valence-electron chi connectivity index (χ0n) is 12.0. The fourth-order valence-electron chi connectivity index (χ4n) is 2.03. The summed E-state index contributed by atoms with van der Waals surface area (Å²) in [7, 11) is 0. The molecule has 19 heavy (non-hydrogen) atoms. The van der Waals surface area contributed by atoms with E-state index in [0.717, 1.165) is 30.5 Å². The Hall–Kier alpha value is -0.240. The fourth-order valence-corrected chi connectivity index (χ4v) is 2.54. The Morgan fingerprint density at radius 2 is 1.79 bits per heavy atom. The molecule has 1 aromatic carbocycles. The molecule has 0 spiro atoms. The first kappa shape index (κ1) is 16.8. The Labute approximate surface area is 127 Å². The molecule has 0 aliphatic carbocycles. The van der Waals surface area contributed by atoms with E-state index in [9.17, 15) is 0 Å². The third-order valence-electron chi connectivity index (χ3n) is 3.12. The maximum Gasteiger partial charge on any atom is 0.0452 e. The van der Waals surface area contributed by atoms with Gasteiger partial charge in [0.15, 0.2) is 0 Å². The highest BCUT2D eigenvalue weighted by molar-refractivity contribution is 6.35. The van der Waals surface area contributed by atoms with Crippen molar-refractivity contribution in [1.29, 1.82) is 0 Å². The molecule has 0 amide bonds.